The monoisotopic (exact) mass is 1490 g/mol. The number of carbonyl (C=O) groups is 2. The fraction of sp³-hybridized carbons (Fsp3) is 0.584. The number of piperidine rings is 3. The third kappa shape index (κ3) is 19.9. The predicted molar refractivity (Wildman–Crippen MR) is 406 cm³/mol. The molecule has 99 heavy (non-hydrogen) atoms. The Kier molecular flexibility index (Phi) is 27.7. The van der Waals surface area contributed by atoms with Gasteiger partial charge in [0.1, 0.15) is 38.7 Å². The Morgan fingerprint density at radius 3 is 1.17 bits per heavy atom. The van der Waals surface area contributed by atoms with Crippen molar-refractivity contribution in [3.05, 3.63) is 143 Å². The maximum Gasteiger partial charge on any atom is 1.00 e. The second-order valence-corrected chi connectivity index (χ2v) is 34.7. The van der Waals surface area contributed by atoms with Crippen molar-refractivity contribution < 1.29 is 48.6 Å². The number of hydrogen-bond acceptors (Lipinski definition) is 17. The van der Waals surface area contributed by atoms with Gasteiger partial charge in [-0.3, -0.25) is 4.98 Å². The summed E-state index contributed by atoms with van der Waals surface area (Å²) in [6.45, 7) is 17.0. The summed E-state index contributed by atoms with van der Waals surface area (Å²) < 4.78 is 11.2. The minimum Gasteiger partial charge on any atom is -0.759 e. The van der Waals surface area contributed by atoms with Crippen molar-refractivity contribution in [3.8, 4) is 0 Å². The largest absolute Gasteiger partial charge is 1.00 e. The maximum absolute atomic E-state index is 12.7. The zero-order valence-electron chi connectivity index (χ0n) is 58.7. The molecule has 9 aliphatic rings. The van der Waals surface area contributed by atoms with Gasteiger partial charge in [0.05, 0.1) is 43.1 Å². The number of anilines is 3. The van der Waals surface area contributed by atoms with E-state index in [2.05, 4.69) is 123 Å². The van der Waals surface area contributed by atoms with E-state index in [0.29, 0.717) is 10.3 Å². The summed E-state index contributed by atoms with van der Waals surface area (Å²) in [5.74, 6) is 2.84. The van der Waals surface area contributed by atoms with Crippen LogP contribution in [0.15, 0.2) is 125 Å². The summed E-state index contributed by atoms with van der Waals surface area (Å²) in [7, 11) is 0. The zero-order chi connectivity index (χ0) is 67.1. The molecule has 0 radical (unpaired) electrons. The number of benzene rings is 3. The van der Waals surface area contributed by atoms with Crippen LogP contribution in [0.25, 0.3) is 0 Å². The third-order valence-corrected chi connectivity index (χ3v) is 25.2. The topological polar surface area (TPSA) is 190 Å². The SMILES string of the molecule is BrC1CCCC1.C.CC(C)(C)OC(=O)N[C@@H]1c2ccccc2CC12CCN(c1cnc(SC3CCCC3)cn1)CC2.CC(C)(C)OC(=O)N[C@@H]1c2ccccc2CC12CCN(c1cnc([S-])cn1)CC2.Cl.N[C@@H]1c2ccccc2CC12CCN(c1cnc(SC3CCCC3)cn1)CC2.[Na+]. The molecule has 530 valence electrons. The molecule has 2 amide bonds. The van der Waals surface area contributed by atoms with Gasteiger partial charge in [-0.2, -0.15) is 0 Å². The van der Waals surface area contributed by atoms with Gasteiger partial charge in [-0.15, -0.1) is 35.9 Å². The molecule has 3 spiro atoms. The molecular weight excluding hydrogens is 1390 g/mol. The summed E-state index contributed by atoms with van der Waals surface area (Å²) in [6.07, 6.45) is 36.1. The van der Waals surface area contributed by atoms with Gasteiger partial charge in [0.25, 0.3) is 0 Å². The van der Waals surface area contributed by atoms with E-state index in [0.717, 1.165) is 135 Å². The number of ether oxygens (including phenoxy) is 2. The van der Waals surface area contributed by atoms with E-state index in [-0.39, 0.29) is 95.9 Å². The number of aromatic nitrogens is 6. The van der Waals surface area contributed by atoms with Gasteiger partial charge in [-0.05, 0) is 177 Å². The summed E-state index contributed by atoms with van der Waals surface area (Å²) in [5.41, 5.74) is 13.8. The number of halogens is 2. The molecule has 6 heterocycles. The average molecular weight is 1500 g/mol. The van der Waals surface area contributed by atoms with E-state index in [9.17, 15) is 9.59 Å². The van der Waals surface area contributed by atoms with Crippen molar-refractivity contribution in [3.63, 3.8) is 0 Å². The Bertz CT molecular complexity index is 3550. The number of hydrogen-bond donors (Lipinski definition) is 3. The molecular formula is C77H105BrClN12NaO4S3. The molecule has 0 bridgehead atoms. The van der Waals surface area contributed by atoms with Crippen LogP contribution in [0, 0.1) is 16.2 Å². The molecule has 22 heteroatoms. The van der Waals surface area contributed by atoms with Crippen molar-refractivity contribution in [1.82, 2.24) is 40.5 Å². The molecule has 3 saturated heterocycles. The van der Waals surface area contributed by atoms with Crippen molar-refractivity contribution in [2.75, 3.05) is 54.0 Å². The molecule has 0 unspecified atom stereocenters. The third-order valence-electron chi connectivity index (χ3n) is 21.5. The van der Waals surface area contributed by atoms with Gasteiger partial charge >= 0.3 is 41.7 Å². The number of nitrogens with zero attached hydrogens (tertiary/aromatic N) is 9. The number of alkyl carbamates (subject to hydrolysis) is 2. The number of rotatable bonds is 9. The van der Waals surface area contributed by atoms with Crippen LogP contribution >= 0.6 is 51.9 Å². The number of carbonyl (C=O) groups excluding carboxylic acids is 2. The van der Waals surface area contributed by atoms with E-state index >= 15 is 0 Å². The van der Waals surface area contributed by atoms with E-state index in [1.165, 1.54) is 110 Å². The van der Waals surface area contributed by atoms with Gasteiger partial charge in [-0.25, -0.2) is 34.5 Å². The Morgan fingerprint density at radius 1 is 0.505 bits per heavy atom. The van der Waals surface area contributed by atoms with Gasteiger partial charge in [0.2, 0.25) is 0 Å². The van der Waals surface area contributed by atoms with Crippen LogP contribution in [0.5, 0.6) is 0 Å². The van der Waals surface area contributed by atoms with E-state index in [1.807, 2.05) is 95.9 Å². The van der Waals surface area contributed by atoms with Crippen molar-refractivity contribution in [1.29, 1.82) is 0 Å². The fourth-order valence-electron chi connectivity index (χ4n) is 16.4. The summed E-state index contributed by atoms with van der Waals surface area (Å²) in [6, 6.07) is 25.8. The van der Waals surface area contributed by atoms with Crippen LogP contribution in [0.3, 0.4) is 0 Å². The molecule has 6 fully saturated rings. The molecule has 3 atom stereocenters. The smallest absolute Gasteiger partial charge is 0.759 e. The molecule has 3 aromatic carbocycles. The second kappa shape index (κ2) is 34.8. The Hall–Kier alpha value is -4.51. The van der Waals surface area contributed by atoms with Crippen LogP contribution in [0.4, 0.5) is 27.0 Å². The minimum absolute atomic E-state index is 0. The first-order valence-electron chi connectivity index (χ1n) is 35.5. The normalized spacial score (nSPS) is 21.8. The summed E-state index contributed by atoms with van der Waals surface area (Å²) in [5, 5.41) is 10.5. The van der Waals surface area contributed by atoms with E-state index in [1.54, 1.807) is 12.4 Å². The van der Waals surface area contributed by atoms with Crippen molar-refractivity contribution in [2.24, 2.45) is 22.0 Å². The molecule has 6 aliphatic carbocycles. The number of fused-ring (bicyclic) bond motifs is 3. The number of nitrogens with two attached hydrogens (primary N) is 1. The maximum atomic E-state index is 12.7. The molecule has 15 rings (SSSR count). The Morgan fingerprint density at radius 2 is 0.838 bits per heavy atom. The van der Waals surface area contributed by atoms with Gasteiger partial charge in [0, 0.05) is 77.7 Å². The quantitative estimate of drug-likeness (QED) is 0.0703. The molecule has 3 saturated carbocycles. The number of amides is 2. The zero-order valence-corrected chi connectivity index (χ0v) is 65.5. The fourth-order valence-corrected chi connectivity index (χ4v) is 19.5. The van der Waals surface area contributed by atoms with Gasteiger partial charge in [-0.1, -0.05) is 140 Å². The Labute approximate surface area is 640 Å². The van der Waals surface area contributed by atoms with Crippen LogP contribution < -0.4 is 60.6 Å². The van der Waals surface area contributed by atoms with Crippen molar-refractivity contribution in [2.45, 2.75) is 244 Å². The van der Waals surface area contributed by atoms with E-state index < -0.39 is 11.2 Å². The molecule has 4 N–H and O–H groups in total. The van der Waals surface area contributed by atoms with Gasteiger partial charge in [0.15, 0.2) is 0 Å². The molecule has 16 nitrogen and oxygen atoms in total. The van der Waals surface area contributed by atoms with Crippen LogP contribution in [0.1, 0.15) is 216 Å². The van der Waals surface area contributed by atoms with E-state index in [4.69, 9.17) is 42.8 Å². The first-order chi connectivity index (χ1) is 46.2. The molecule has 3 aliphatic heterocycles. The minimum atomic E-state index is -0.520. The van der Waals surface area contributed by atoms with Crippen LogP contribution in [0.2, 0.25) is 0 Å². The molecule has 3 aromatic heterocycles. The number of alkyl halides is 1. The van der Waals surface area contributed by atoms with Crippen molar-refractivity contribution >= 4 is 94.1 Å². The number of nitrogens with one attached hydrogen (secondary N) is 2. The average Bonchev–Trinajstić information content (AvgIpc) is 1.54. The van der Waals surface area contributed by atoms with Crippen LogP contribution in [-0.2, 0) is 41.4 Å². The van der Waals surface area contributed by atoms with Crippen LogP contribution in [-0.4, -0.2) is 108 Å². The second-order valence-electron chi connectivity index (χ2n) is 30.4. The Balaban J connectivity index is 0.000000164. The first-order valence-corrected chi connectivity index (χ1v) is 38.6. The molecule has 6 aromatic rings. The predicted octanol–water partition coefficient (Wildman–Crippen LogP) is 14.5. The standard InChI is InChI=1S/C27H36N4O2S.C22H28N4O2S.C22H28N4S.C5H9Br.CH4.ClH.Na/c1-26(2,3)33-25(32)30-24-21-11-7-4-8-19(21)16-27(24)12-14-31(15-13-27)22-17-29-23(18-28-22)34-20-9-5-6-10-20;1-21(2,3)28-20(27)25-19-16-7-5-4-6-15(16)12-22(19)8-10-26(11-9-22)17-13-24-18(29)14-23-17;23-21-18-8-4-1-5-16(18)13-22(21)9-11-26(12-10-22)19-14-25-20(15-24-19)27-17-6-2-3-7-17;6-5-3-1-2-4-5;;;/h4,7-8,11,17-18,20,24H,5-6,9-10,12-16H2,1-3H3,(H,30,32);4-7,13-14,19H,8-12H2,1-3H3,(H,24,29)(H,25,27);1,4-5,8,14-15,17,21H,2-3,6-7,9-13,23H2;5H,1-4H2;1H4;1H;/q;;;;;;+1/p-1/t24-;19-;21-;;;;/m111..../s1. The summed E-state index contributed by atoms with van der Waals surface area (Å²) >= 11 is 12.4. The first kappa shape index (κ1) is 78.6. The van der Waals surface area contributed by atoms with Gasteiger partial charge < -0.3 is 53.2 Å². The summed E-state index contributed by atoms with van der Waals surface area (Å²) in [4.78, 5) is 60.7. The number of thioether (sulfide) groups is 2.